The van der Waals surface area contributed by atoms with Crippen molar-refractivity contribution in [3.8, 4) is 11.1 Å². The van der Waals surface area contributed by atoms with Crippen LogP contribution in [0.25, 0.3) is 11.1 Å². The molecule has 2 aromatic rings. The number of aryl methyl sites for hydroxylation is 2. The lowest BCUT2D eigenvalue weighted by molar-refractivity contribution is -0.137. The maximum absolute atomic E-state index is 12.8. The van der Waals surface area contributed by atoms with Gasteiger partial charge in [0.1, 0.15) is 5.76 Å². The molecule has 2 rings (SSSR count). The van der Waals surface area contributed by atoms with Gasteiger partial charge in [0.25, 0.3) is 0 Å². The van der Waals surface area contributed by atoms with Gasteiger partial charge in [-0.05, 0) is 37.6 Å². The van der Waals surface area contributed by atoms with E-state index >= 15 is 0 Å². The van der Waals surface area contributed by atoms with Gasteiger partial charge in [-0.3, -0.25) is 0 Å². The Morgan fingerprint density at radius 1 is 1.25 bits per heavy atom. The highest BCUT2D eigenvalue weighted by molar-refractivity contribution is 5.90. The van der Waals surface area contributed by atoms with Crippen LogP contribution in [-0.2, 0) is 6.18 Å². The lowest BCUT2D eigenvalue weighted by Gasteiger charge is -2.10. The third kappa shape index (κ3) is 2.52. The minimum Gasteiger partial charge on any atom is -0.478 e. The van der Waals surface area contributed by atoms with Crippen molar-refractivity contribution in [3.63, 3.8) is 0 Å². The Kier molecular flexibility index (Phi) is 3.29. The molecule has 0 bridgehead atoms. The summed E-state index contributed by atoms with van der Waals surface area (Å²) in [6.45, 7) is 3.13. The summed E-state index contributed by atoms with van der Waals surface area (Å²) < 4.78 is 43.4. The highest BCUT2D eigenvalue weighted by Gasteiger charge is 2.32. The number of nitrogens with zero attached hydrogens (tertiary/aromatic N) is 1. The molecule has 7 heteroatoms. The van der Waals surface area contributed by atoms with E-state index in [2.05, 4.69) is 5.16 Å². The fourth-order valence-corrected chi connectivity index (χ4v) is 1.95. The van der Waals surface area contributed by atoms with E-state index in [-0.39, 0.29) is 5.56 Å². The van der Waals surface area contributed by atoms with Crippen LogP contribution in [-0.4, -0.2) is 16.2 Å². The van der Waals surface area contributed by atoms with Gasteiger partial charge in [0.2, 0.25) is 0 Å². The molecule has 0 aliphatic rings. The van der Waals surface area contributed by atoms with Crippen molar-refractivity contribution in [2.24, 2.45) is 0 Å². The monoisotopic (exact) mass is 285 g/mol. The molecule has 0 aliphatic carbocycles. The Bertz CT molecular complexity index is 654. The van der Waals surface area contributed by atoms with E-state index < -0.39 is 23.3 Å². The molecule has 20 heavy (non-hydrogen) atoms. The predicted octanol–water partition coefficient (Wildman–Crippen LogP) is 3.68. The number of carbonyl (C=O) groups is 1. The van der Waals surface area contributed by atoms with Crippen molar-refractivity contribution in [1.29, 1.82) is 0 Å². The second-order valence-corrected chi connectivity index (χ2v) is 4.30. The molecule has 106 valence electrons. The van der Waals surface area contributed by atoms with Crippen molar-refractivity contribution < 1.29 is 27.6 Å². The number of benzene rings is 1. The summed E-state index contributed by atoms with van der Waals surface area (Å²) in [6, 6.07) is 2.66. The molecule has 0 unspecified atom stereocenters. The van der Waals surface area contributed by atoms with E-state index in [0.717, 1.165) is 6.07 Å². The molecule has 0 aliphatic heterocycles. The molecule has 1 N–H and O–H groups in total. The Hall–Kier alpha value is -2.31. The van der Waals surface area contributed by atoms with E-state index in [1.165, 1.54) is 6.07 Å². The topological polar surface area (TPSA) is 63.3 Å². The predicted molar refractivity (Wildman–Crippen MR) is 63.4 cm³/mol. The van der Waals surface area contributed by atoms with Crippen LogP contribution in [0.15, 0.2) is 22.7 Å². The molecular weight excluding hydrogens is 275 g/mol. The van der Waals surface area contributed by atoms with E-state index in [9.17, 15) is 18.0 Å². The van der Waals surface area contributed by atoms with Gasteiger partial charge in [0.15, 0.2) is 0 Å². The first-order valence-corrected chi connectivity index (χ1v) is 5.59. The number of hydrogen-bond acceptors (Lipinski definition) is 3. The van der Waals surface area contributed by atoms with Gasteiger partial charge in [-0.1, -0.05) is 5.16 Å². The zero-order chi connectivity index (χ0) is 15.1. The van der Waals surface area contributed by atoms with Crippen LogP contribution in [0.2, 0.25) is 0 Å². The first kappa shape index (κ1) is 14.1. The first-order chi connectivity index (χ1) is 9.20. The fraction of sp³-hybridized carbons (Fsp3) is 0.231. The Balaban J connectivity index is 2.71. The van der Waals surface area contributed by atoms with Gasteiger partial charge in [0, 0.05) is 5.56 Å². The van der Waals surface area contributed by atoms with Crippen LogP contribution in [0, 0.1) is 13.8 Å². The van der Waals surface area contributed by atoms with Gasteiger partial charge < -0.3 is 9.63 Å². The summed E-state index contributed by atoms with van der Waals surface area (Å²) >= 11 is 0. The molecule has 0 saturated heterocycles. The van der Waals surface area contributed by atoms with Crippen molar-refractivity contribution in [3.05, 3.63) is 40.8 Å². The van der Waals surface area contributed by atoms with Crippen LogP contribution in [0.5, 0.6) is 0 Å². The molecule has 0 amide bonds. The second kappa shape index (κ2) is 4.66. The zero-order valence-electron chi connectivity index (χ0n) is 10.6. The maximum Gasteiger partial charge on any atom is 0.416 e. The summed E-state index contributed by atoms with van der Waals surface area (Å²) in [4.78, 5) is 11.0. The van der Waals surface area contributed by atoms with E-state index in [1.807, 2.05) is 0 Å². The molecule has 1 aromatic carbocycles. The highest BCUT2D eigenvalue weighted by Crippen LogP contribution is 2.35. The van der Waals surface area contributed by atoms with Crippen LogP contribution >= 0.6 is 0 Å². The smallest absolute Gasteiger partial charge is 0.416 e. The zero-order valence-corrected chi connectivity index (χ0v) is 10.6. The van der Waals surface area contributed by atoms with Gasteiger partial charge in [-0.15, -0.1) is 0 Å². The second-order valence-electron chi connectivity index (χ2n) is 4.30. The molecule has 0 radical (unpaired) electrons. The quantitative estimate of drug-likeness (QED) is 0.914. The van der Waals surface area contributed by atoms with Gasteiger partial charge in [-0.25, -0.2) is 4.79 Å². The van der Waals surface area contributed by atoms with Gasteiger partial charge >= 0.3 is 12.1 Å². The lowest BCUT2D eigenvalue weighted by atomic mass is 9.98. The number of alkyl halides is 3. The molecule has 0 fully saturated rings. The molecular formula is C13H10F3NO3. The molecule has 4 nitrogen and oxygen atoms in total. The molecule has 1 aromatic heterocycles. The third-order valence-corrected chi connectivity index (χ3v) is 2.83. The number of carboxylic acids is 1. The number of aromatic carboxylic acids is 1. The molecule has 0 spiro atoms. The minimum atomic E-state index is -4.63. The van der Waals surface area contributed by atoms with Crippen LogP contribution in [0.3, 0.4) is 0 Å². The Morgan fingerprint density at radius 3 is 2.35 bits per heavy atom. The number of aromatic nitrogens is 1. The third-order valence-electron chi connectivity index (χ3n) is 2.83. The first-order valence-electron chi connectivity index (χ1n) is 5.59. The SMILES string of the molecule is Cc1noc(C)c1-c1cc(C(=O)O)cc(C(F)(F)F)c1. The lowest BCUT2D eigenvalue weighted by Crippen LogP contribution is -2.08. The Labute approximate surface area is 111 Å². The van der Waals surface area contributed by atoms with Gasteiger partial charge in [0.05, 0.1) is 16.8 Å². The van der Waals surface area contributed by atoms with Crippen molar-refractivity contribution in [1.82, 2.24) is 5.16 Å². The average Bonchev–Trinajstić information content (AvgIpc) is 2.67. The van der Waals surface area contributed by atoms with E-state index in [0.29, 0.717) is 23.1 Å². The summed E-state index contributed by atoms with van der Waals surface area (Å²) in [5.74, 6) is -1.10. The molecule has 0 atom stereocenters. The van der Waals surface area contributed by atoms with Crippen LogP contribution in [0.4, 0.5) is 13.2 Å². The average molecular weight is 285 g/mol. The minimum absolute atomic E-state index is 0.119. The normalized spacial score (nSPS) is 11.7. The van der Waals surface area contributed by atoms with Crippen molar-refractivity contribution in [2.75, 3.05) is 0 Å². The van der Waals surface area contributed by atoms with Crippen LogP contribution < -0.4 is 0 Å². The number of halogens is 3. The molecule has 0 saturated carbocycles. The summed E-state index contributed by atoms with van der Waals surface area (Å²) in [5, 5.41) is 12.6. The van der Waals surface area contributed by atoms with Crippen molar-refractivity contribution >= 4 is 5.97 Å². The fourth-order valence-electron chi connectivity index (χ4n) is 1.95. The largest absolute Gasteiger partial charge is 0.478 e. The maximum atomic E-state index is 12.8. The number of rotatable bonds is 2. The standard InChI is InChI=1S/C13H10F3NO3/c1-6-11(7(2)20-17-6)8-3-9(12(18)19)5-10(4-8)13(14,15)16/h3-5H,1-2H3,(H,18,19). The van der Waals surface area contributed by atoms with Gasteiger partial charge in [-0.2, -0.15) is 13.2 Å². The summed E-state index contributed by atoms with van der Waals surface area (Å²) in [5.41, 5.74) is -0.563. The number of hydrogen-bond donors (Lipinski definition) is 1. The summed E-state index contributed by atoms with van der Waals surface area (Å²) in [7, 11) is 0. The summed E-state index contributed by atoms with van der Waals surface area (Å²) in [6.07, 6.45) is -4.63. The Morgan fingerprint density at radius 2 is 1.90 bits per heavy atom. The van der Waals surface area contributed by atoms with E-state index in [1.54, 1.807) is 13.8 Å². The number of carboxylic acid groups (broad SMARTS) is 1. The molecule has 1 heterocycles. The van der Waals surface area contributed by atoms with Crippen LogP contribution in [0.1, 0.15) is 27.4 Å². The van der Waals surface area contributed by atoms with E-state index in [4.69, 9.17) is 9.63 Å². The highest BCUT2D eigenvalue weighted by atomic mass is 19.4. The van der Waals surface area contributed by atoms with Crippen molar-refractivity contribution in [2.45, 2.75) is 20.0 Å².